The van der Waals surface area contributed by atoms with Gasteiger partial charge in [0.2, 0.25) is 0 Å². The first-order valence-electron chi connectivity index (χ1n) is 12.6. The van der Waals surface area contributed by atoms with Crippen molar-refractivity contribution in [1.82, 2.24) is 20.1 Å². The second-order valence-electron chi connectivity index (χ2n) is 9.50. The molecule has 0 saturated carbocycles. The van der Waals surface area contributed by atoms with E-state index < -0.39 is 0 Å². The van der Waals surface area contributed by atoms with Crippen LogP contribution in [0.5, 0.6) is 5.75 Å². The van der Waals surface area contributed by atoms with E-state index >= 15 is 0 Å². The summed E-state index contributed by atoms with van der Waals surface area (Å²) in [5.74, 6) is 1.19. The summed E-state index contributed by atoms with van der Waals surface area (Å²) >= 11 is 0. The van der Waals surface area contributed by atoms with E-state index in [4.69, 9.17) is 9.84 Å². The fourth-order valence-corrected chi connectivity index (χ4v) is 5.59. The molecular formula is C30H29FN4O. The maximum absolute atomic E-state index is 13.6. The maximum Gasteiger partial charge on any atom is 0.123 e. The maximum atomic E-state index is 13.6. The second kappa shape index (κ2) is 9.70. The molecule has 2 aromatic carbocycles. The van der Waals surface area contributed by atoms with Crippen LogP contribution in [0.3, 0.4) is 0 Å². The molecule has 1 saturated heterocycles. The Morgan fingerprint density at radius 3 is 2.53 bits per heavy atom. The molecule has 0 spiro atoms. The number of H-pyrrole nitrogens is 1. The number of nitrogens with zero attached hydrogens (tertiary/aromatic N) is 3. The zero-order valence-electron chi connectivity index (χ0n) is 20.3. The van der Waals surface area contributed by atoms with Crippen LogP contribution in [0.25, 0.3) is 28.0 Å². The minimum absolute atomic E-state index is 0.252. The number of hydrogen-bond donors (Lipinski definition) is 1. The lowest BCUT2D eigenvalue weighted by atomic mass is 9.91. The van der Waals surface area contributed by atoms with Gasteiger partial charge in [0.15, 0.2) is 0 Å². The number of benzene rings is 2. The molecule has 6 heteroatoms. The van der Waals surface area contributed by atoms with Crippen molar-refractivity contribution in [3.63, 3.8) is 0 Å². The van der Waals surface area contributed by atoms with Gasteiger partial charge in [0.25, 0.3) is 0 Å². The third-order valence-electron chi connectivity index (χ3n) is 7.35. The van der Waals surface area contributed by atoms with Crippen molar-refractivity contribution in [3.05, 3.63) is 96.2 Å². The van der Waals surface area contributed by atoms with E-state index in [0.29, 0.717) is 18.6 Å². The van der Waals surface area contributed by atoms with Crippen molar-refractivity contribution in [2.45, 2.75) is 31.7 Å². The molecule has 0 radical (unpaired) electrons. The third kappa shape index (κ3) is 4.33. The Labute approximate surface area is 210 Å². The molecule has 0 aliphatic carbocycles. The van der Waals surface area contributed by atoms with E-state index in [1.54, 1.807) is 24.5 Å². The molecule has 0 amide bonds. The predicted molar refractivity (Wildman–Crippen MR) is 140 cm³/mol. The molecule has 0 unspecified atom stereocenters. The highest BCUT2D eigenvalue weighted by atomic mass is 19.1. The first kappa shape index (κ1) is 22.7. The summed E-state index contributed by atoms with van der Waals surface area (Å²) in [6, 6.07) is 19.5. The van der Waals surface area contributed by atoms with Crippen LogP contribution in [0.2, 0.25) is 0 Å². The van der Waals surface area contributed by atoms with Gasteiger partial charge in [0.05, 0.1) is 12.3 Å². The quantitative estimate of drug-likeness (QED) is 0.351. The van der Waals surface area contributed by atoms with E-state index in [-0.39, 0.29) is 5.82 Å². The van der Waals surface area contributed by atoms with Gasteiger partial charge < -0.3 is 4.74 Å². The molecule has 5 nitrogen and oxygen atoms in total. The van der Waals surface area contributed by atoms with Crippen molar-refractivity contribution >= 4 is 5.57 Å². The Kier molecular flexibility index (Phi) is 6.11. The zero-order valence-corrected chi connectivity index (χ0v) is 20.3. The van der Waals surface area contributed by atoms with Gasteiger partial charge in [-0.25, -0.2) is 4.39 Å². The monoisotopic (exact) mass is 480 g/mol. The molecule has 2 atom stereocenters. The average molecular weight is 481 g/mol. The van der Waals surface area contributed by atoms with Crippen LogP contribution in [0.4, 0.5) is 4.39 Å². The number of nitrogens with one attached hydrogen (secondary N) is 1. The summed E-state index contributed by atoms with van der Waals surface area (Å²) < 4.78 is 19.2. The van der Waals surface area contributed by atoms with Gasteiger partial charge in [-0.15, -0.1) is 0 Å². The van der Waals surface area contributed by atoms with Crippen LogP contribution in [-0.2, 0) is 0 Å². The molecule has 4 heterocycles. The summed E-state index contributed by atoms with van der Waals surface area (Å²) in [5.41, 5.74) is 7.53. The smallest absolute Gasteiger partial charge is 0.123 e. The fourth-order valence-electron chi connectivity index (χ4n) is 5.59. The van der Waals surface area contributed by atoms with Crippen molar-refractivity contribution in [2.75, 3.05) is 19.7 Å². The van der Waals surface area contributed by atoms with Gasteiger partial charge in [-0.2, -0.15) is 5.10 Å². The number of hydrogen-bond acceptors (Lipinski definition) is 4. The Bertz CT molecular complexity index is 1360. The molecule has 4 aromatic rings. The van der Waals surface area contributed by atoms with Crippen molar-refractivity contribution in [3.8, 4) is 28.1 Å². The molecule has 2 aliphatic rings. The number of pyridine rings is 1. The van der Waals surface area contributed by atoms with Crippen LogP contribution in [0, 0.1) is 5.82 Å². The topological polar surface area (TPSA) is 54.0 Å². The van der Waals surface area contributed by atoms with E-state index in [1.807, 2.05) is 19.1 Å². The van der Waals surface area contributed by atoms with Gasteiger partial charge in [-0.1, -0.05) is 18.2 Å². The molecule has 2 aliphatic heterocycles. The standard InChI is InChI=1S/C30H29FN4O/c1-2-36-27-9-5-20(6-10-27)24-18-26-17-23(13-16-35(26)19-24)30-28(21-11-14-32-15-12-21)29(33-34-30)22-3-7-25(31)8-4-22/h3-12,14-15,17,24,26H,2,13,16,18-19H2,1H3,(H,33,34)/t24-,26-/m1/s1. The van der Waals surface area contributed by atoms with Crippen LogP contribution in [0.1, 0.15) is 36.9 Å². The fraction of sp³-hybridized carbons (Fsp3) is 0.267. The highest BCUT2D eigenvalue weighted by Crippen LogP contribution is 2.41. The summed E-state index contributed by atoms with van der Waals surface area (Å²) in [4.78, 5) is 6.79. The SMILES string of the molecule is CCOc1ccc([C@@H]2C[C@H]3C=C(c4[nH]nc(-c5ccc(F)cc5)c4-c4ccncc4)CCN3C2)cc1. The molecule has 1 N–H and O–H groups in total. The number of ether oxygens (including phenoxy) is 1. The van der Waals surface area contributed by atoms with E-state index in [0.717, 1.165) is 59.8 Å². The first-order valence-corrected chi connectivity index (χ1v) is 12.6. The van der Waals surface area contributed by atoms with Crippen molar-refractivity contribution in [1.29, 1.82) is 0 Å². The minimum atomic E-state index is -0.252. The Hall–Kier alpha value is -3.77. The summed E-state index contributed by atoms with van der Waals surface area (Å²) in [6.45, 7) is 4.79. The lowest BCUT2D eigenvalue weighted by molar-refractivity contribution is 0.285. The van der Waals surface area contributed by atoms with Crippen LogP contribution < -0.4 is 4.74 Å². The van der Waals surface area contributed by atoms with E-state index in [9.17, 15) is 4.39 Å². The number of halogens is 1. The number of rotatable bonds is 6. The molecule has 182 valence electrons. The Morgan fingerprint density at radius 2 is 1.78 bits per heavy atom. The minimum Gasteiger partial charge on any atom is -0.494 e. The molecule has 6 rings (SSSR count). The summed E-state index contributed by atoms with van der Waals surface area (Å²) in [6.07, 6.45) is 8.08. The highest BCUT2D eigenvalue weighted by Gasteiger charge is 2.35. The van der Waals surface area contributed by atoms with Gasteiger partial charge in [0.1, 0.15) is 17.3 Å². The average Bonchev–Trinajstić information content (AvgIpc) is 3.55. The molecular weight excluding hydrogens is 451 g/mol. The second-order valence-corrected chi connectivity index (χ2v) is 9.50. The lowest BCUT2D eigenvalue weighted by Gasteiger charge is -2.28. The molecule has 36 heavy (non-hydrogen) atoms. The van der Waals surface area contributed by atoms with E-state index in [2.05, 4.69) is 45.3 Å². The number of aromatic nitrogens is 3. The van der Waals surface area contributed by atoms with Crippen LogP contribution in [0.15, 0.2) is 79.1 Å². The van der Waals surface area contributed by atoms with Gasteiger partial charge in [-0.05, 0) is 90.9 Å². The van der Waals surface area contributed by atoms with Crippen molar-refractivity contribution in [2.24, 2.45) is 0 Å². The summed E-state index contributed by atoms with van der Waals surface area (Å²) in [7, 11) is 0. The Morgan fingerprint density at radius 1 is 1.00 bits per heavy atom. The number of aromatic amines is 1. The Balaban J connectivity index is 1.32. The van der Waals surface area contributed by atoms with Gasteiger partial charge in [-0.3, -0.25) is 15.0 Å². The highest BCUT2D eigenvalue weighted by molar-refractivity contribution is 5.89. The lowest BCUT2D eigenvalue weighted by Crippen LogP contribution is -2.32. The molecule has 1 fully saturated rings. The number of fused-ring (bicyclic) bond motifs is 1. The molecule has 2 aromatic heterocycles. The van der Waals surface area contributed by atoms with Gasteiger partial charge in [0, 0.05) is 42.7 Å². The van der Waals surface area contributed by atoms with E-state index in [1.165, 1.54) is 23.3 Å². The van der Waals surface area contributed by atoms with Gasteiger partial charge >= 0.3 is 0 Å². The summed E-state index contributed by atoms with van der Waals surface area (Å²) in [5, 5.41) is 8.04. The van der Waals surface area contributed by atoms with Crippen LogP contribution in [-0.4, -0.2) is 45.8 Å². The zero-order chi connectivity index (χ0) is 24.5. The first-order chi connectivity index (χ1) is 17.7. The normalized spacial score (nSPS) is 19.7. The molecule has 0 bridgehead atoms. The largest absolute Gasteiger partial charge is 0.494 e. The predicted octanol–water partition coefficient (Wildman–Crippen LogP) is 6.32. The van der Waals surface area contributed by atoms with Crippen LogP contribution >= 0.6 is 0 Å². The third-order valence-corrected chi connectivity index (χ3v) is 7.35. The van der Waals surface area contributed by atoms with Crippen molar-refractivity contribution < 1.29 is 9.13 Å².